The van der Waals surface area contributed by atoms with Gasteiger partial charge in [-0.05, 0) is 24.1 Å². The van der Waals surface area contributed by atoms with Crippen LogP contribution in [0.2, 0.25) is 0 Å². The molecule has 1 N–H and O–H groups in total. The van der Waals surface area contributed by atoms with Gasteiger partial charge >= 0.3 is 12.4 Å². The zero-order valence-corrected chi connectivity index (χ0v) is 21.3. The Morgan fingerprint density at radius 2 is 1.49 bits per heavy atom. The first-order valence-electron chi connectivity index (χ1n) is 11.6. The van der Waals surface area contributed by atoms with Crippen molar-refractivity contribution < 1.29 is 53.0 Å². The number of halogens is 9. The van der Waals surface area contributed by atoms with Crippen molar-refractivity contribution in [3.8, 4) is 11.1 Å². The summed E-state index contributed by atoms with van der Waals surface area (Å²) < 4.78 is 149. The number of sulfonamides is 1. The Balaban J connectivity index is 1.62. The molecule has 0 unspecified atom stereocenters. The number of alkyl halides is 6. The summed E-state index contributed by atoms with van der Waals surface area (Å²) in [6, 6.07) is 1.20. The zero-order valence-electron chi connectivity index (χ0n) is 20.5. The van der Waals surface area contributed by atoms with Gasteiger partial charge in [-0.15, -0.1) is 0 Å². The molecule has 0 atom stereocenters. The summed E-state index contributed by atoms with van der Waals surface area (Å²) in [7, 11) is -3.32. The molecule has 1 spiro atoms. The fourth-order valence-electron chi connectivity index (χ4n) is 5.30. The van der Waals surface area contributed by atoms with Crippen molar-refractivity contribution >= 4 is 10.0 Å². The van der Waals surface area contributed by atoms with E-state index in [0.29, 0.717) is 32.2 Å². The van der Waals surface area contributed by atoms with E-state index in [-0.39, 0.29) is 41.6 Å². The number of likely N-dealkylation sites (tertiary alicyclic amines) is 1. The van der Waals surface area contributed by atoms with Crippen molar-refractivity contribution in [1.29, 1.82) is 0 Å². The molecule has 2 fully saturated rings. The number of hydrogen-bond acceptors (Lipinski definition) is 4. The first-order chi connectivity index (χ1) is 17.7. The summed E-state index contributed by atoms with van der Waals surface area (Å²) in [4.78, 5) is 1.76. The van der Waals surface area contributed by atoms with Crippen molar-refractivity contribution in [2.24, 2.45) is 5.41 Å². The predicted molar refractivity (Wildman–Crippen MR) is 121 cm³/mol. The lowest BCUT2D eigenvalue weighted by Crippen LogP contribution is -2.72. The highest BCUT2D eigenvalue weighted by molar-refractivity contribution is 7.88. The maximum Gasteiger partial charge on any atom is 0.430 e. The van der Waals surface area contributed by atoms with Crippen LogP contribution in [-0.2, 0) is 28.6 Å². The van der Waals surface area contributed by atoms with Crippen LogP contribution in [0.25, 0.3) is 11.1 Å². The number of nitrogens with zero attached hydrogens (tertiary/aromatic N) is 2. The van der Waals surface area contributed by atoms with Crippen LogP contribution in [0.1, 0.15) is 23.6 Å². The van der Waals surface area contributed by atoms with Crippen molar-refractivity contribution in [3.05, 3.63) is 58.4 Å². The van der Waals surface area contributed by atoms with Gasteiger partial charge in [-0.2, -0.15) is 26.3 Å². The number of hydrogen-bond donors (Lipinski definition) is 1. The van der Waals surface area contributed by atoms with Crippen LogP contribution in [0.3, 0.4) is 0 Å². The zero-order chi connectivity index (χ0) is 29.3. The summed E-state index contributed by atoms with van der Waals surface area (Å²) >= 11 is 0. The molecule has 2 heterocycles. The Morgan fingerprint density at radius 3 is 1.95 bits per heavy atom. The van der Waals surface area contributed by atoms with Gasteiger partial charge in [0.1, 0.15) is 17.5 Å². The van der Waals surface area contributed by atoms with Gasteiger partial charge in [-0.1, -0.05) is 19.1 Å². The van der Waals surface area contributed by atoms with Gasteiger partial charge in [-0.3, -0.25) is 4.90 Å². The fourth-order valence-corrected chi connectivity index (χ4v) is 6.31. The van der Waals surface area contributed by atoms with E-state index in [2.05, 4.69) is 0 Å². The van der Waals surface area contributed by atoms with Crippen LogP contribution in [0.15, 0.2) is 24.3 Å². The van der Waals surface area contributed by atoms with Crippen molar-refractivity contribution in [1.82, 2.24) is 9.21 Å². The predicted octanol–water partition coefficient (Wildman–Crippen LogP) is 4.72. The van der Waals surface area contributed by atoms with Crippen LogP contribution in [0.5, 0.6) is 0 Å². The molecule has 5 nitrogen and oxygen atoms in total. The van der Waals surface area contributed by atoms with Crippen LogP contribution >= 0.6 is 0 Å². The monoisotopic (exact) mass is 590 g/mol. The topological polar surface area (TPSA) is 60.9 Å². The van der Waals surface area contributed by atoms with E-state index in [1.807, 2.05) is 0 Å². The number of rotatable bonds is 6. The summed E-state index contributed by atoms with van der Waals surface area (Å²) in [5.74, 6) is -3.77. The Hall–Kier alpha value is -2.36. The molecule has 216 valence electrons. The number of aliphatic hydroxyl groups is 1. The first-order valence-corrected chi connectivity index (χ1v) is 13.4. The second kappa shape index (κ2) is 9.35. The van der Waals surface area contributed by atoms with Crippen molar-refractivity contribution in [2.75, 3.05) is 32.4 Å². The Morgan fingerprint density at radius 1 is 0.923 bits per heavy atom. The molecule has 15 heteroatoms. The quantitative estimate of drug-likeness (QED) is 0.495. The second-order valence-electron chi connectivity index (χ2n) is 10.1. The summed E-state index contributed by atoms with van der Waals surface area (Å²) in [6.07, 6.45) is -11.6. The van der Waals surface area contributed by atoms with Crippen LogP contribution in [-0.4, -0.2) is 67.5 Å². The molecule has 2 aromatic carbocycles. The van der Waals surface area contributed by atoms with Gasteiger partial charge < -0.3 is 5.11 Å². The third kappa shape index (κ3) is 4.91. The molecule has 0 saturated carbocycles. The van der Waals surface area contributed by atoms with Gasteiger partial charge in [0.05, 0.1) is 6.26 Å². The standard InChI is InChI=1S/C24H23F9N2O3S/c1-3-15-19(16-5-4-14(7-17(16)25)22(36,23(28,29)30)24(31,32)33)18(26)6-13(20(15)27)8-34-9-21(10-34)11-35(12-21)39(2,37)38/h4-7,36H,3,8-12H2,1-2H3. The Labute approximate surface area is 217 Å². The van der Waals surface area contributed by atoms with Gasteiger partial charge in [-0.25, -0.2) is 25.9 Å². The molecule has 0 aromatic heterocycles. The normalized spacial score (nSPS) is 18.8. The third-order valence-corrected chi connectivity index (χ3v) is 8.42. The minimum atomic E-state index is -6.25. The molecule has 0 amide bonds. The lowest BCUT2D eigenvalue weighted by atomic mass is 9.74. The minimum absolute atomic E-state index is 0.0533. The Bertz CT molecular complexity index is 1380. The maximum absolute atomic E-state index is 15.4. The van der Waals surface area contributed by atoms with E-state index in [4.69, 9.17) is 0 Å². The number of benzene rings is 2. The summed E-state index contributed by atoms with van der Waals surface area (Å²) in [6.45, 7) is 2.84. The first kappa shape index (κ1) is 29.6. The molecule has 39 heavy (non-hydrogen) atoms. The highest BCUT2D eigenvalue weighted by Crippen LogP contribution is 2.50. The molecule has 2 saturated heterocycles. The second-order valence-corrected chi connectivity index (χ2v) is 12.1. The summed E-state index contributed by atoms with van der Waals surface area (Å²) in [5.41, 5.74) is -9.38. The summed E-state index contributed by atoms with van der Waals surface area (Å²) in [5, 5.41) is 9.52. The average Bonchev–Trinajstić information content (AvgIpc) is 2.73. The van der Waals surface area contributed by atoms with Gasteiger partial charge in [0.15, 0.2) is 0 Å². The molecule has 0 radical (unpaired) electrons. The van der Waals surface area contributed by atoms with Crippen LogP contribution in [0.4, 0.5) is 39.5 Å². The van der Waals surface area contributed by atoms with Gasteiger partial charge in [0.2, 0.25) is 10.0 Å². The average molecular weight is 591 g/mol. The highest BCUT2D eigenvalue weighted by Gasteiger charge is 2.71. The lowest BCUT2D eigenvalue weighted by Gasteiger charge is -2.59. The largest absolute Gasteiger partial charge is 0.430 e. The highest BCUT2D eigenvalue weighted by atomic mass is 32.2. The minimum Gasteiger partial charge on any atom is -0.369 e. The van der Waals surface area contributed by atoms with E-state index in [9.17, 15) is 44.3 Å². The molecule has 2 aromatic rings. The van der Waals surface area contributed by atoms with E-state index >= 15 is 8.78 Å². The van der Waals surface area contributed by atoms with Crippen molar-refractivity contribution in [3.63, 3.8) is 0 Å². The molecular formula is C24H23F9N2O3S. The third-order valence-electron chi connectivity index (χ3n) is 7.22. The molecule has 0 aliphatic carbocycles. The molecular weight excluding hydrogens is 567 g/mol. The lowest BCUT2D eigenvalue weighted by molar-refractivity contribution is -0.376. The van der Waals surface area contributed by atoms with E-state index in [0.717, 1.165) is 12.3 Å². The SMILES string of the molecule is CCc1c(F)c(CN2CC3(C2)CN(S(C)(=O)=O)C3)cc(F)c1-c1ccc(C(O)(C(F)(F)F)C(F)(F)F)cc1F. The maximum atomic E-state index is 15.4. The van der Waals surface area contributed by atoms with E-state index < -0.39 is 62.1 Å². The molecule has 0 bridgehead atoms. The molecule has 4 rings (SSSR count). The van der Waals surface area contributed by atoms with Gasteiger partial charge in [0, 0.05) is 60.4 Å². The smallest absolute Gasteiger partial charge is 0.369 e. The molecule has 2 aliphatic heterocycles. The van der Waals surface area contributed by atoms with E-state index in [1.165, 1.54) is 11.2 Å². The van der Waals surface area contributed by atoms with Crippen LogP contribution < -0.4 is 0 Å². The Kier molecular flexibility index (Phi) is 7.10. The molecule has 2 aliphatic rings. The fraction of sp³-hybridized carbons (Fsp3) is 0.500. The van der Waals surface area contributed by atoms with Crippen molar-refractivity contribution in [2.45, 2.75) is 37.8 Å². The van der Waals surface area contributed by atoms with E-state index in [1.54, 1.807) is 4.90 Å². The van der Waals surface area contributed by atoms with Crippen LogP contribution in [0, 0.1) is 22.9 Å². The van der Waals surface area contributed by atoms with Gasteiger partial charge in [0.25, 0.3) is 5.60 Å².